The van der Waals surface area contributed by atoms with Crippen LogP contribution < -0.4 is 5.32 Å². The first-order valence-electron chi connectivity index (χ1n) is 5.58. The van der Waals surface area contributed by atoms with E-state index >= 15 is 0 Å². The molecule has 16 heavy (non-hydrogen) atoms. The molecule has 5 nitrogen and oxygen atoms in total. The van der Waals surface area contributed by atoms with E-state index in [1.54, 1.807) is 11.3 Å². The quantitative estimate of drug-likeness (QED) is 0.841. The number of anilines is 1. The lowest BCUT2D eigenvalue weighted by Gasteiger charge is -2.19. The molecule has 1 fully saturated rings. The zero-order valence-corrected chi connectivity index (χ0v) is 10.9. The Morgan fingerprint density at radius 2 is 2.31 bits per heavy atom. The molecule has 6 heteroatoms. The van der Waals surface area contributed by atoms with E-state index in [9.17, 15) is 0 Å². The molecule has 1 aliphatic heterocycles. The maximum absolute atomic E-state index is 4.17. The molecule has 1 unspecified atom stereocenters. The van der Waals surface area contributed by atoms with Crippen LogP contribution >= 0.6 is 11.3 Å². The number of nitrogens with one attached hydrogen (secondary N) is 1. The first-order valence-corrected chi connectivity index (χ1v) is 6.39. The van der Waals surface area contributed by atoms with Crippen LogP contribution in [0.15, 0.2) is 0 Å². The Bertz CT molecular complexity index is 338. The lowest BCUT2D eigenvalue weighted by molar-refractivity contribution is 0.264. The molecule has 1 saturated heterocycles. The van der Waals surface area contributed by atoms with Crippen LogP contribution in [0.3, 0.4) is 0 Å². The summed E-state index contributed by atoms with van der Waals surface area (Å²) in [4.78, 5) is 4.75. The van der Waals surface area contributed by atoms with E-state index in [2.05, 4.69) is 39.4 Å². The normalized spacial score (nSPS) is 21.9. The van der Waals surface area contributed by atoms with Crippen molar-refractivity contribution in [3.8, 4) is 0 Å². The minimum atomic E-state index is 0.691. The second-order valence-corrected chi connectivity index (χ2v) is 5.45. The van der Waals surface area contributed by atoms with Crippen LogP contribution in [0.2, 0.25) is 0 Å². The van der Waals surface area contributed by atoms with Gasteiger partial charge < -0.3 is 10.2 Å². The van der Waals surface area contributed by atoms with Gasteiger partial charge in [-0.15, -0.1) is 10.2 Å². The summed E-state index contributed by atoms with van der Waals surface area (Å²) in [7, 11) is 6.18. The average Bonchev–Trinajstić information content (AvgIpc) is 2.87. The smallest absolute Gasteiger partial charge is 0.205 e. The monoisotopic (exact) mass is 241 g/mol. The van der Waals surface area contributed by atoms with E-state index < -0.39 is 0 Å². The molecule has 2 heterocycles. The number of aromatic nitrogens is 2. The van der Waals surface area contributed by atoms with Crippen LogP contribution in [-0.2, 0) is 6.54 Å². The molecular weight excluding hydrogens is 222 g/mol. The van der Waals surface area contributed by atoms with Gasteiger partial charge in [0.25, 0.3) is 0 Å². The standard InChI is InChI=1S/C10H19N5S/c1-11-10-13-12-9(16-10)7-15-5-4-8(6-15)14(2)3/h8H,4-7H2,1-3H3,(H,11,13). The fourth-order valence-corrected chi connectivity index (χ4v) is 2.72. The zero-order valence-electron chi connectivity index (χ0n) is 10.1. The number of nitrogens with zero attached hydrogens (tertiary/aromatic N) is 4. The van der Waals surface area contributed by atoms with E-state index in [1.165, 1.54) is 6.42 Å². The third kappa shape index (κ3) is 2.69. The molecule has 0 saturated carbocycles. The highest BCUT2D eigenvalue weighted by Gasteiger charge is 2.24. The highest BCUT2D eigenvalue weighted by atomic mass is 32.1. The lowest BCUT2D eigenvalue weighted by Crippen LogP contribution is -2.31. The molecule has 0 aromatic carbocycles. The van der Waals surface area contributed by atoms with Crippen LogP contribution in [-0.4, -0.2) is 60.3 Å². The van der Waals surface area contributed by atoms with Crippen molar-refractivity contribution in [3.63, 3.8) is 0 Å². The molecule has 1 N–H and O–H groups in total. The second-order valence-electron chi connectivity index (χ2n) is 4.39. The van der Waals surface area contributed by atoms with Gasteiger partial charge in [-0.25, -0.2) is 0 Å². The van der Waals surface area contributed by atoms with Gasteiger partial charge in [-0.3, -0.25) is 4.90 Å². The van der Waals surface area contributed by atoms with Gasteiger partial charge in [-0.2, -0.15) is 0 Å². The third-order valence-corrected chi connectivity index (χ3v) is 3.94. The van der Waals surface area contributed by atoms with E-state index in [0.29, 0.717) is 6.04 Å². The lowest BCUT2D eigenvalue weighted by atomic mass is 10.2. The number of hydrogen-bond donors (Lipinski definition) is 1. The van der Waals surface area contributed by atoms with E-state index in [-0.39, 0.29) is 0 Å². The van der Waals surface area contributed by atoms with Gasteiger partial charge >= 0.3 is 0 Å². The molecule has 1 atom stereocenters. The summed E-state index contributed by atoms with van der Waals surface area (Å²) in [5, 5.41) is 13.2. The van der Waals surface area contributed by atoms with E-state index in [4.69, 9.17) is 0 Å². The second kappa shape index (κ2) is 5.07. The van der Waals surface area contributed by atoms with Crippen LogP contribution in [0, 0.1) is 0 Å². The Morgan fingerprint density at radius 3 is 2.88 bits per heavy atom. The molecular formula is C10H19N5S. The van der Waals surface area contributed by atoms with Crippen molar-refractivity contribution in [1.29, 1.82) is 0 Å². The van der Waals surface area contributed by atoms with Crippen molar-refractivity contribution >= 4 is 16.5 Å². The van der Waals surface area contributed by atoms with Gasteiger partial charge in [0.2, 0.25) is 5.13 Å². The third-order valence-electron chi connectivity index (χ3n) is 3.02. The fourth-order valence-electron chi connectivity index (χ4n) is 1.99. The predicted molar refractivity (Wildman–Crippen MR) is 66.8 cm³/mol. The predicted octanol–water partition coefficient (Wildman–Crippen LogP) is 0.716. The van der Waals surface area contributed by atoms with Gasteiger partial charge in [0.15, 0.2) is 0 Å². The highest BCUT2D eigenvalue weighted by Crippen LogP contribution is 2.20. The van der Waals surface area contributed by atoms with Gasteiger partial charge in [0, 0.05) is 26.2 Å². The maximum atomic E-state index is 4.17. The number of likely N-dealkylation sites (N-methyl/N-ethyl adjacent to an activating group) is 1. The molecule has 1 aromatic heterocycles. The number of hydrogen-bond acceptors (Lipinski definition) is 6. The summed E-state index contributed by atoms with van der Waals surface area (Å²) in [5.41, 5.74) is 0. The number of likely N-dealkylation sites (tertiary alicyclic amines) is 1. The maximum Gasteiger partial charge on any atom is 0.205 e. The molecule has 0 amide bonds. The van der Waals surface area contributed by atoms with Crippen LogP contribution in [0.4, 0.5) is 5.13 Å². The Labute approximate surface area is 100 Å². The van der Waals surface area contributed by atoms with Gasteiger partial charge in [-0.05, 0) is 20.5 Å². The van der Waals surface area contributed by atoms with Crippen molar-refractivity contribution in [2.24, 2.45) is 0 Å². The summed E-state index contributed by atoms with van der Waals surface area (Å²) < 4.78 is 0. The molecule has 0 bridgehead atoms. The van der Waals surface area contributed by atoms with Crippen molar-refractivity contribution in [2.45, 2.75) is 19.0 Å². The summed E-state index contributed by atoms with van der Waals surface area (Å²) in [6, 6.07) is 0.691. The summed E-state index contributed by atoms with van der Waals surface area (Å²) >= 11 is 1.64. The molecule has 2 rings (SSSR count). The summed E-state index contributed by atoms with van der Waals surface area (Å²) in [5.74, 6) is 0. The Hall–Kier alpha value is -0.720. The summed E-state index contributed by atoms with van der Waals surface area (Å²) in [6.45, 7) is 3.24. The van der Waals surface area contributed by atoms with Crippen molar-refractivity contribution in [1.82, 2.24) is 20.0 Å². The van der Waals surface area contributed by atoms with Crippen LogP contribution in [0.5, 0.6) is 0 Å². The minimum absolute atomic E-state index is 0.691. The molecule has 90 valence electrons. The SMILES string of the molecule is CNc1nnc(CN2CCC(N(C)C)C2)s1. The van der Waals surface area contributed by atoms with E-state index in [0.717, 1.165) is 29.8 Å². The van der Waals surface area contributed by atoms with Crippen molar-refractivity contribution in [2.75, 3.05) is 39.5 Å². The van der Waals surface area contributed by atoms with Crippen LogP contribution in [0.25, 0.3) is 0 Å². The fraction of sp³-hybridized carbons (Fsp3) is 0.800. The first kappa shape index (κ1) is 11.8. The molecule has 0 aliphatic carbocycles. The molecule has 1 aliphatic rings. The number of rotatable bonds is 4. The molecule has 0 radical (unpaired) electrons. The van der Waals surface area contributed by atoms with Gasteiger partial charge in [-0.1, -0.05) is 11.3 Å². The first-order chi connectivity index (χ1) is 7.69. The minimum Gasteiger partial charge on any atom is -0.363 e. The van der Waals surface area contributed by atoms with E-state index in [1.807, 2.05) is 7.05 Å². The molecule has 1 aromatic rings. The van der Waals surface area contributed by atoms with Gasteiger partial charge in [0.05, 0.1) is 6.54 Å². The largest absolute Gasteiger partial charge is 0.363 e. The average molecular weight is 241 g/mol. The zero-order chi connectivity index (χ0) is 11.5. The highest BCUT2D eigenvalue weighted by molar-refractivity contribution is 7.15. The Morgan fingerprint density at radius 1 is 1.50 bits per heavy atom. The van der Waals surface area contributed by atoms with Crippen LogP contribution in [0.1, 0.15) is 11.4 Å². The molecule has 0 spiro atoms. The van der Waals surface area contributed by atoms with Crippen molar-refractivity contribution < 1.29 is 0 Å². The summed E-state index contributed by atoms with van der Waals surface area (Å²) in [6.07, 6.45) is 1.25. The van der Waals surface area contributed by atoms with Gasteiger partial charge in [0.1, 0.15) is 5.01 Å². The Balaban J connectivity index is 1.87. The van der Waals surface area contributed by atoms with Crippen molar-refractivity contribution in [3.05, 3.63) is 5.01 Å². The topological polar surface area (TPSA) is 44.3 Å². The Kier molecular flexibility index (Phi) is 3.73.